The van der Waals surface area contributed by atoms with E-state index >= 15 is 0 Å². The second-order valence-electron chi connectivity index (χ2n) is 1.36. The Labute approximate surface area is 60.2 Å². The van der Waals surface area contributed by atoms with Crippen LogP contribution in [-0.2, 0) is 6.54 Å². The summed E-state index contributed by atoms with van der Waals surface area (Å²) in [5, 5.41) is 15.7. The SMILES string of the molecule is N#CCn1ncc(Br)n1. The van der Waals surface area contributed by atoms with E-state index in [1.807, 2.05) is 6.07 Å². The zero-order valence-electron chi connectivity index (χ0n) is 4.45. The van der Waals surface area contributed by atoms with E-state index in [1.165, 1.54) is 11.0 Å². The average Bonchev–Trinajstić information content (AvgIpc) is 2.17. The molecule has 0 aliphatic carbocycles. The van der Waals surface area contributed by atoms with E-state index in [9.17, 15) is 0 Å². The highest BCUT2D eigenvalue weighted by Crippen LogP contribution is 1.99. The summed E-state index contributed by atoms with van der Waals surface area (Å²) < 4.78 is 0.651. The molecule has 46 valence electrons. The van der Waals surface area contributed by atoms with Crippen LogP contribution in [0.15, 0.2) is 10.8 Å². The molecule has 1 rings (SSSR count). The molecule has 0 spiro atoms. The van der Waals surface area contributed by atoms with Crippen molar-refractivity contribution >= 4 is 15.9 Å². The van der Waals surface area contributed by atoms with Crippen LogP contribution in [0.25, 0.3) is 0 Å². The first-order valence-corrected chi connectivity index (χ1v) is 3.05. The standard InChI is InChI=1S/C4H3BrN4/c5-4-3-7-9(8-4)2-1-6/h3H,2H2. The van der Waals surface area contributed by atoms with E-state index < -0.39 is 0 Å². The summed E-state index contributed by atoms with van der Waals surface area (Å²) in [6.07, 6.45) is 1.54. The van der Waals surface area contributed by atoms with Crippen molar-refractivity contribution in [2.45, 2.75) is 6.54 Å². The fraction of sp³-hybridized carbons (Fsp3) is 0.250. The zero-order chi connectivity index (χ0) is 6.69. The van der Waals surface area contributed by atoms with Gasteiger partial charge in [0.2, 0.25) is 0 Å². The Morgan fingerprint density at radius 2 is 2.67 bits per heavy atom. The van der Waals surface area contributed by atoms with Crippen molar-refractivity contribution < 1.29 is 0 Å². The van der Waals surface area contributed by atoms with E-state index in [-0.39, 0.29) is 6.54 Å². The molecule has 0 fully saturated rings. The van der Waals surface area contributed by atoms with Crippen LogP contribution in [0.4, 0.5) is 0 Å². The summed E-state index contributed by atoms with van der Waals surface area (Å²) in [6, 6.07) is 1.91. The Hall–Kier alpha value is -0.890. The molecule has 0 saturated heterocycles. The maximum Gasteiger partial charge on any atom is 0.148 e. The second kappa shape index (κ2) is 2.60. The van der Waals surface area contributed by atoms with Gasteiger partial charge in [0, 0.05) is 0 Å². The van der Waals surface area contributed by atoms with Crippen LogP contribution in [0.2, 0.25) is 0 Å². The second-order valence-corrected chi connectivity index (χ2v) is 2.17. The predicted octanol–water partition coefficient (Wildman–Crippen LogP) is 0.564. The number of nitriles is 1. The molecule has 0 aromatic carbocycles. The largest absolute Gasteiger partial charge is 0.196 e. The highest BCUT2D eigenvalue weighted by atomic mass is 79.9. The lowest BCUT2D eigenvalue weighted by molar-refractivity contribution is 0.606. The molecular weight excluding hydrogens is 184 g/mol. The molecule has 0 amide bonds. The van der Waals surface area contributed by atoms with Gasteiger partial charge in [-0.15, -0.1) is 5.10 Å². The van der Waals surface area contributed by atoms with Crippen molar-refractivity contribution in [1.29, 1.82) is 5.26 Å². The quantitative estimate of drug-likeness (QED) is 0.645. The minimum absolute atomic E-state index is 0.200. The van der Waals surface area contributed by atoms with Gasteiger partial charge in [-0.3, -0.25) is 0 Å². The fourth-order valence-corrected chi connectivity index (χ4v) is 0.690. The smallest absolute Gasteiger partial charge is 0.148 e. The molecule has 4 nitrogen and oxygen atoms in total. The first kappa shape index (κ1) is 6.23. The van der Waals surface area contributed by atoms with Crippen molar-refractivity contribution in [2.75, 3.05) is 0 Å². The van der Waals surface area contributed by atoms with Crippen molar-refractivity contribution in [3.63, 3.8) is 0 Å². The van der Waals surface area contributed by atoms with Gasteiger partial charge in [0.05, 0.1) is 12.3 Å². The van der Waals surface area contributed by atoms with Gasteiger partial charge in [0.25, 0.3) is 0 Å². The summed E-state index contributed by atoms with van der Waals surface area (Å²) >= 11 is 3.10. The summed E-state index contributed by atoms with van der Waals surface area (Å²) in [7, 11) is 0. The first-order chi connectivity index (χ1) is 4.33. The Morgan fingerprint density at radius 3 is 3.11 bits per heavy atom. The van der Waals surface area contributed by atoms with E-state index in [0.717, 1.165) is 0 Å². The molecule has 0 radical (unpaired) electrons. The van der Waals surface area contributed by atoms with Crippen molar-refractivity contribution in [3.05, 3.63) is 10.8 Å². The van der Waals surface area contributed by atoms with Gasteiger partial charge >= 0.3 is 0 Å². The third-order valence-electron chi connectivity index (χ3n) is 0.721. The van der Waals surface area contributed by atoms with Crippen LogP contribution < -0.4 is 0 Å². The summed E-state index contributed by atoms with van der Waals surface area (Å²) in [5.41, 5.74) is 0. The number of halogens is 1. The van der Waals surface area contributed by atoms with Gasteiger partial charge in [0.15, 0.2) is 0 Å². The summed E-state index contributed by atoms with van der Waals surface area (Å²) in [5.74, 6) is 0. The number of hydrogen-bond acceptors (Lipinski definition) is 3. The van der Waals surface area contributed by atoms with E-state index in [1.54, 1.807) is 0 Å². The van der Waals surface area contributed by atoms with Crippen LogP contribution in [-0.4, -0.2) is 15.0 Å². The molecule has 0 bridgehead atoms. The van der Waals surface area contributed by atoms with E-state index in [2.05, 4.69) is 26.1 Å². The molecular formula is C4H3BrN4. The minimum atomic E-state index is 0.200. The zero-order valence-corrected chi connectivity index (χ0v) is 6.04. The van der Waals surface area contributed by atoms with Crippen molar-refractivity contribution in [3.8, 4) is 6.07 Å². The molecule has 0 unspecified atom stereocenters. The third-order valence-corrected chi connectivity index (χ3v) is 1.08. The van der Waals surface area contributed by atoms with Gasteiger partial charge in [0.1, 0.15) is 11.1 Å². The van der Waals surface area contributed by atoms with Crippen LogP contribution >= 0.6 is 15.9 Å². The van der Waals surface area contributed by atoms with Crippen LogP contribution in [0.5, 0.6) is 0 Å². The topological polar surface area (TPSA) is 54.5 Å². The Kier molecular flexibility index (Phi) is 1.80. The molecule has 0 aliphatic heterocycles. The minimum Gasteiger partial charge on any atom is -0.196 e. The lowest BCUT2D eigenvalue weighted by atomic mass is 10.8. The molecule has 1 heterocycles. The maximum atomic E-state index is 8.16. The van der Waals surface area contributed by atoms with Gasteiger partial charge in [-0.2, -0.15) is 15.2 Å². The maximum absolute atomic E-state index is 8.16. The molecule has 1 aromatic heterocycles. The summed E-state index contributed by atoms with van der Waals surface area (Å²) in [6.45, 7) is 0.200. The van der Waals surface area contributed by atoms with Gasteiger partial charge in [-0.1, -0.05) is 0 Å². The van der Waals surface area contributed by atoms with Crippen LogP contribution in [0.3, 0.4) is 0 Å². The molecule has 1 aromatic rings. The van der Waals surface area contributed by atoms with Crippen LogP contribution in [0, 0.1) is 11.3 Å². The van der Waals surface area contributed by atoms with Gasteiger partial charge in [-0.25, -0.2) is 0 Å². The number of hydrogen-bond donors (Lipinski definition) is 0. The van der Waals surface area contributed by atoms with Gasteiger partial charge in [-0.05, 0) is 15.9 Å². The Bertz CT molecular complexity index is 235. The molecule has 0 aliphatic rings. The van der Waals surface area contributed by atoms with Crippen molar-refractivity contribution in [2.24, 2.45) is 0 Å². The molecule has 0 atom stereocenters. The molecule has 0 saturated carbocycles. The highest BCUT2D eigenvalue weighted by Gasteiger charge is 1.92. The van der Waals surface area contributed by atoms with Gasteiger partial charge < -0.3 is 0 Å². The molecule has 5 heteroatoms. The third kappa shape index (κ3) is 1.50. The average molecular weight is 187 g/mol. The Balaban J connectivity index is 2.76. The van der Waals surface area contributed by atoms with E-state index in [0.29, 0.717) is 4.60 Å². The number of nitrogens with zero attached hydrogens (tertiary/aromatic N) is 4. The number of rotatable bonds is 1. The lowest BCUT2D eigenvalue weighted by Crippen LogP contribution is -1.98. The predicted molar refractivity (Wildman–Crippen MR) is 33.3 cm³/mol. The lowest BCUT2D eigenvalue weighted by Gasteiger charge is -1.83. The van der Waals surface area contributed by atoms with Crippen LogP contribution in [0.1, 0.15) is 0 Å². The summed E-state index contributed by atoms with van der Waals surface area (Å²) in [4.78, 5) is 1.31. The molecule has 0 N–H and O–H groups in total. The normalized spacial score (nSPS) is 8.89. The highest BCUT2D eigenvalue weighted by molar-refractivity contribution is 9.10. The first-order valence-electron chi connectivity index (χ1n) is 2.25. The fourth-order valence-electron chi connectivity index (χ4n) is 0.416. The van der Waals surface area contributed by atoms with E-state index in [4.69, 9.17) is 5.26 Å². The van der Waals surface area contributed by atoms with Crippen molar-refractivity contribution in [1.82, 2.24) is 15.0 Å². The number of aromatic nitrogens is 3. The molecule has 9 heavy (non-hydrogen) atoms. The monoisotopic (exact) mass is 186 g/mol. The Morgan fingerprint density at radius 1 is 1.89 bits per heavy atom.